The van der Waals surface area contributed by atoms with Gasteiger partial charge in [-0.05, 0) is 17.5 Å². The first-order chi connectivity index (χ1) is 16.7. The number of hydrogen-bond acceptors (Lipinski definition) is 8. The molecule has 0 bridgehead atoms. The lowest BCUT2D eigenvalue weighted by Crippen LogP contribution is -2.37. The highest BCUT2D eigenvalue weighted by atomic mass is 32.1. The molecule has 5 rings (SSSR count). The summed E-state index contributed by atoms with van der Waals surface area (Å²) in [6.07, 6.45) is 5.98. The molecule has 1 aromatic carbocycles. The van der Waals surface area contributed by atoms with Gasteiger partial charge >= 0.3 is 0 Å². The Balaban J connectivity index is 1.30. The zero-order valence-corrected chi connectivity index (χ0v) is 19.8. The number of aliphatic hydroxyl groups excluding tert-OH is 1. The normalized spacial score (nSPS) is 17.7. The fourth-order valence-electron chi connectivity index (χ4n) is 4.50. The number of benzene rings is 1. The molecule has 2 aliphatic heterocycles. The van der Waals surface area contributed by atoms with Gasteiger partial charge in [0.2, 0.25) is 5.91 Å². The maximum atomic E-state index is 12.8. The number of aliphatic hydroxyl groups is 1. The predicted molar refractivity (Wildman–Crippen MR) is 133 cm³/mol. The largest absolute Gasteiger partial charge is 0.394 e. The summed E-state index contributed by atoms with van der Waals surface area (Å²) >= 11 is 1.62. The second kappa shape index (κ2) is 10.6. The molecular formula is C25H29N5O3S. The van der Waals surface area contributed by atoms with Crippen molar-refractivity contribution in [3.8, 4) is 0 Å². The van der Waals surface area contributed by atoms with Gasteiger partial charge in [0, 0.05) is 37.1 Å². The molecule has 8 nitrogen and oxygen atoms in total. The summed E-state index contributed by atoms with van der Waals surface area (Å²) < 4.78 is 5.37. The molecule has 4 heterocycles. The van der Waals surface area contributed by atoms with Crippen LogP contribution in [0.5, 0.6) is 0 Å². The molecule has 0 aliphatic carbocycles. The van der Waals surface area contributed by atoms with Gasteiger partial charge in [0.25, 0.3) is 0 Å². The summed E-state index contributed by atoms with van der Waals surface area (Å²) in [6.45, 7) is 5.31. The van der Waals surface area contributed by atoms with Crippen molar-refractivity contribution in [1.82, 2.24) is 19.8 Å². The Hall–Kier alpha value is -2.85. The van der Waals surface area contributed by atoms with Crippen LogP contribution in [0.25, 0.3) is 10.2 Å². The summed E-state index contributed by atoms with van der Waals surface area (Å²) in [5.41, 5.74) is 2.20. The summed E-state index contributed by atoms with van der Waals surface area (Å²) in [6, 6.07) is 9.61. The lowest BCUT2D eigenvalue weighted by molar-refractivity contribution is -0.126. The standard InChI is InChI=1S/C25H29N5O3S/c31-16-20(18-5-2-1-3-6-18)28-24-23-19-8-10-30(15-21(19)34-25(23)27-17-26-24)22(32)7-4-9-29-11-13-33-14-12-29/h1-7,17,20,31H,8-16H2,(H,26,27,28)/t20-/m1/s1. The van der Waals surface area contributed by atoms with E-state index in [4.69, 9.17) is 4.74 Å². The first-order valence-corrected chi connectivity index (χ1v) is 12.5. The number of thiophene rings is 1. The number of rotatable bonds is 7. The number of carbonyl (C=O) groups excluding carboxylic acids is 1. The van der Waals surface area contributed by atoms with Crippen LogP contribution in [-0.4, -0.2) is 76.8 Å². The van der Waals surface area contributed by atoms with Gasteiger partial charge in [-0.15, -0.1) is 11.3 Å². The number of anilines is 1. The monoisotopic (exact) mass is 479 g/mol. The molecule has 3 aromatic rings. The van der Waals surface area contributed by atoms with Crippen LogP contribution in [0.15, 0.2) is 48.8 Å². The van der Waals surface area contributed by atoms with Crippen molar-refractivity contribution in [2.75, 3.05) is 51.3 Å². The molecule has 1 amide bonds. The summed E-state index contributed by atoms with van der Waals surface area (Å²) in [4.78, 5) is 28.1. The van der Waals surface area contributed by atoms with Crippen LogP contribution in [0.3, 0.4) is 0 Å². The van der Waals surface area contributed by atoms with E-state index in [9.17, 15) is 9.90 Å². The van der Waals surface area contributed by atoms with E-state index < -0.39 is 0 Å². The molecule has 178 valence electrons. The van der Waals surface area contributed by atoms with E-state index in [1.807, 2.05) is 41.3 Å². The summed E-state index contributed by atoms with van der Waals surface area (Å²) in [5.74, 6) is 0.779. The summed E-state index contributed by atoms with van der Waals surface area (Å²) in [5, 5.41) is 14.4. The molecule has 9 heteroatoms. The minimum Gasteiger partial charge on any atom is -0.394 e. The van der Waals surface area contributed by atoms with Crippen LogP contribution in [0, 0.1) is 0 Å². The fourth-order valence-corrected chi connectivity index (χ4v) is 5.70. The Labute approximate surface area is 202 Å². The van der Waals surface area contributed by atoms with Crippen molar-refractivity contribution >= 4 is 33.3 Å². The number of morpholine rings is 1. The van der Waals surface area contributed by atoms with Gasteiger partial charge in [-0.1, -0.05) is 36.4 Å². The van der Waals surface area contributed by atoms with Gasteiger partial charge in [0.15, 0.2) is 0 Å². The van der Waals surface area contributed by atoms with Crippen molar-refractivity contribution in [1.29, 1.82) is 0 Å². The molecule has 34 heavy (non-hydrogen) atoms. The highest BCUT2D eigenvalue weighted by Crippen LogP contribution is 2.38. The Morgan fingerprint density at radius 3 is 2.82 bits per heavy atom. The molecule has 0 spiro atoms. The van der Waals surface area contributed by atoms with Gasteiger partial charge in [-0.2, -0.15) is 0 Å². The molecule has 2 aromatic heterocycles. The molecule has 2 aliphatic rings. The van der Waals surface area contributed by atoms with Gasteiger partial charge in [-0.25, -0.2) is 9.97 Å². The Morgan fingerprint density at radius 2 is 2.03 bits per heavy atom. The second-order valence-electron chi connectivity index (χ2n) is 8.52. The molecule has 0 saturated carbocycles. The Bertz CT molecular complexity index is 1160. The van der Waals surface area contributed by atoms with Gasteiger partial charge in [0.05, 0.1) is 37.8 Å². The summed E-state index contributed by atoms with van der Waals surface area (Å²) in [7, 11) is 0. The Morgan fingerprint density at radius 1 is 1.21 bits per heavy atom. The highest BCUT2D eigenvalue weighted by molar-refractivity contribution is 7.19. The van der Waals surface area contributed by atoms with Crippen LogP contribution in [0.4, 0.5) is 5.82 Å². The number of nitrogens with one attached hydrogen (secondary N) is 1. The minimum atomic E-state index is -0.256. The maximum Gasteiger partial charge on any atom is 0.246 e. The van der Waals surface area contributed by atoms with Crippen molar-refractivity contribution < 1.29 is 14.6 Å². The van der Waals surface area contributed by atoms with Crippen LogP contribution < -0.4 is 5.32 Å². The second-order valence-corrected chi connectivity index (χ2v) is 9.61. The van der Waals surface area contributed by atoms with Crippen molar-refractivity contribution in [2.45, 2.75) is 19.0 Å². The smallest absolute Gasteiger partial charge is 0.246 e. The number of fused-ring (bicyclic) bond motifs is 3. The lowest BCUT2D eigenvalue weighted by atomic mass is 10.0. The van der Waals surface area contributed by atoms with Crippen LogP contribution in [0.1, 0.15) is 22.0 Å². The van der Waals surface area contributed by atoms with E-state index in [0.717, 1.165) is 65.7 Å². The van der Waals surface area contributed by atoms with Crippen molar-refractivity contribution in [3.63, 3.8) is 0 Å². The SMILES string of the molecule is O=C(C=CCN1CCOCC1)N1CCc2c(sc3ncnc(N[C@H](CO)c4ccccc4)c23)C1. The number of aromatic nitrogens is 2. The highest BCUT2D eigenvalue weighted by Gasteiger charge is 2.26. The molecule has 1 fully saturated rings. The van der Waals surface area contributed by atoms with Crippen LogP contribution >= 0.6 is 11.3 Å². The van der Waals surface area contributed by atoms with Gasteiger partial charge in [-0.3, -0.25) is 9.69 Å². The van der Waals surface area contributed by atoms with Crippen molar-refractivity contribution in [3.05, 3.63) is 64.8 Å². The third-order valence-corrected chi connectivity index (χ3v) is 7.50. The van der Waals surface area contributed by atoms with Crippen molar-refractivity contribution in [2.24, 2.45) is 0 Å². The lowest BCUT2D eigenvalue weighted by Gasteiger charge is -2.27. The molecule has 1 atom stereocenters. The molecule has 0 unspecified atom stereocenters. The van der Waals surface area contributed by atoms with E-state index in [2.05, 4.69) is 20.2 Å². The van der Waals surface area contributed by atoms with E-state index >= 15 is 0 Å². The number of carbonyl (C=O) groups is 1. The van der Waals surface area contributed by atoms with Gasteiger partial charge < -0.3 is 20.1 Å². The number of ether oxygens (including phenoxy) is 1. The predicted octanol–water partition coefficient (Wildman–Crippen LogP) is 2.61. The average molecular weight is 480 g/mol. The van der Waals surface area contributed by atoms with E-state index in [1.165, 1.54) is 5.56 Å². The topological polar surface area (TPSA) is 90.8 Å². The molecule has 1 saturated heterocycles. The first kappa shape index (κ1) is 22.9. The quantitative estimate of drug-likeness (QED) is 0.504. The maximum absolute atomic E-state index is 12.8. The number of amides is 1. The minimum absolute atomic E-state index is 0.0408. The first-order valence-electron chi connectivity index (χ1n) is 11.7. The van der Waals surface area contributed by atoms with E-state index in [-0.39, 0.29) is 18.6 Å². The average Bonchev–Trinajstić information content (AvgIpc) is 3.27. The zero-order valence-electron chi connectivity index (χ0n) is 19.0. The third-order valence-electron chi connectivity index (χ3n) is 6.37. The number of nitrogens with zero attached hydrogens (tertiary/aromatic N) is 4. The number of hydrogen-bond donors (Lipinski definition) is 2. The molecule has 2 N–H and O–H groups in total. The fraction of sp³-hybridized carbons (Fsp3) is 0.400. The van der Waals surface area contributed by atoms with E-state index in [0.29, 0.717) is 13.1 Å². The third kappa shape index (κ3) is 4.97. The van der Waals surface area contributed by atoms with Crippen LogP contribution in [-0.2, 0) is 22.5 Å². The van der Waals surface area contributed by atoms with E-state index in [1.54, 1.807) is 23.7 Å². The Kier molecular flexibility index (Phi) is 7.15. The van der Waals surface area contributed by atoms with Gasteiger partial charge in [0.1, 0.15) is 17.0 Å². The zero-order chi connectivity index (χ0) is 23.3. The van der Waals surface area contributed by atoms with Crippen LogP contribution in [0.2, 0.25) is 0 Å². The molecule has 0 radical (unpaired) electrons. The molecular weight excluding hydrogens is 450 g/mol.